The Hall–Kier alpha value is -2.54. The molecule has 1 saturated heterocycles. The van der Waals surface area contributed by atoms with Crippen molar-refractivity contribution >= 4 is 56.2 Å². The number of nitrogens with zero attached hydrogens (tertiary/aromatic N) is 2. The summed E-state index contributed by atoms with van der Waals surface area (Å²) >= 11 is 6.91. The van der Waals surface area contributed by atoms with Gasteiger partial charge in [0.05, 0.1) is 22.1 Å². The van der Waals surface area contributed by atoms with Gasteiger partial charge in [-0.2, -0.15) is 4.31 Å². The molecule has 0 atom stereocenters. The van der Waals surface area contributed by atoms with Crippen molar-refractivity contribution in [1.29, 1.82) is 0 Å². The van der Waals surface area contributed by atoms with Crippen molar-refractivity contribution in [1.82, 2.24) is 4.31 Å². The van der Waals surface area contributed by atoms with Crippen LogP contribution in [0.15, 0.2) is 34.5 Å². The lowest BCUT2D eigenvalue weighted by Gasteiger charge is -2.25. The maximum atomic E-state index is 12.7. The smallest absolute Gasteiger partial charge is 0.311 e. The van der Waals surface area contributed by atoms with Crippen LogP contribution in [0.25, 0.3) is 0 Å². The molecular weight excluding hydrogens is 482 g/mol. The van der Waals surface area contributed by atoms with E-state index in [1.807, 2.05) is 0 Å². The van der Waals surface area contributed by atoms with Gasteiger partial charge in [-0.3, -0.25) is 19.7 Å². The molecule has 1 aromatic carbocycles. The monoisotopic (exact) mass is 501 g/mol. The Labute approximate surface area is 193 Å². The van der Waals surface area contributed by atoms with Gasteiger partial charge in [-0.1, -0.05) is 18.0 Å². The van der Waals surface area contributed by atoms with E-state index < -0.39 is 33.4 Å². The molecule has 10 nitrogen and oxygen atoms in total. The highest BCUT2D eigenvalue weighted by Gasteiger charge is 2.27. The summed E-state index contributed by atoms with van der Waals surface area (Å²) in [6, 6.07) is 6.57. The number of anilines is 1. The molecule has 1 aliphatic rings. The molecule has 0 bridgehead atoms. The summed E-state index contributed by atoms with van der Waals surface area (Å²) in [7, 11) is -3.58. The molecular formula is C19H20ClN3O7S2. The normalized spacial score (nSPS) is 14.7. The van der Waals surface area contributed by atoms with Crippen molar-refractivity contribution in [3.05, 3.63) is 50.3 Å². The molecule has 13 heteroatoms. The molecule has 1 N–H and O–H groups in total. The number of carbonyl (C=O) groups excluding carboxylic acids is 2. The summed E-state index contributed by atoms with van der Waals surface area (Å²) in [5, 5.41) is 13.3. The number of non-ortho nitro benzene ring substituents is 1. The number of halogens is 1. The first-order valence-corrected chi connectivity index (χ1v) is 12.3. The summed E-state index contributed by atoms with van der Waals surface area (Å²) in [4.78, 5) is 34.8. The number of nitro groups is 1. The second-order valence-corrected chi connectivity index (χ2v) is 10.7. The zero-order valence-electron chi connectivity index (χ0n) is 16.8. The van der Waals surface area contributed by atoms with Gasteiger partial charge in [-0.05, 0) is 31.0 Å². The van der Waals surface area contributed by atoms with Gasteiger partial charge < -0.3 is 10.1 Å². The van der Waals surface area contributed by atoms with E-state index in [0.29, 0.717) is 18.0 Å². The maximum absolute atomic E-state index is 12.7. The van der Waals surface area contributed by atoms with E-state index >= 15 is 0 Å². The van der Waals surface area contributed by atoms with Crippen molar-refractivity contribution in [3.63, 3.8) is 0 Å². The van der Waals surface area contributed by atoms with Crippen LogP contribution in [0.4, 0.5) is 11.4 Å². The lowest BCUT2D eigenvalue weighted by Crippen LogP contribution is -2.35. The van der Waals surface area contributed by atoms with Crippen LogP contribution in [-0.2, 0) is 30.8 Å². The number of piperidine rings is 1. The minimum Gasteiger partial charge on any atom is -0.455 e. The number of ether oxygens (including phenoxy) is 1. The Kier molecular flexibility index (Phi) is 7.82. The van der Waals surface area contributed by atoms with E-state index in [-0.39, 0.29) is 27.0 Å². The highest BCUT2D eigenvalue weighted by Crippen LogP contribution is 2.28. The summed E-state index contributed by atoms with van der Waals surface area (Å²) in [6.07, 6.45) is 2.47. The van der Waals surface area contributed by atoms with Gasteiger partial charge in [0, 0.05) is 30.1 Å². The molecule has 1 aliphatic heterocycles. The number of esters is 1. The predicted octanol–water partition coefficient (Wildman–Crippen LogP) is 3.21. The third-order valence-electron chi connectivity index (χ3n) is 4.66. The molecule has 1 fully saturated rings. The van der Waals surface area contributed by atoms with Crippen molar-refractivity contribution in [2.45, 2.75) is 29.9 Å². The average molecular weight is 502 g/mol. The first-order valence-electron chi connectivity index (χ1n) is 9.65. The van der Waals surface area contributed by atoms with Gasteiger partial charge in [0.15, 0.2) is 6.61 Å². The maximum Gasteiger partial charge on any atom is 0.311 e. The fraction of sp³-hybridized carbons (Fsp3) is 0.368. The minimum atomic E-state index is -3.58. The number of hydrogen-bond donors (Lipinski definition) is 1. The third-order valence-corrected chi connectivity index (χ3v) is 8.44. The van der Waals surface area contributed by atoms with Crippen LogP contribution in [0.5, 0.6) is 0 Å². The van der Waals surface area contributed by atoms with Crippen molar-refractivity contribution in [2.24, 2.45) is 0 Å². The first kappa shape index (κ1) is 24.1. The second kappa shape index (κ2) is 10.4. The summed E-state index contributed by atoms with van der Waals surface area (Å²) in [5.41, 5.74) is -0.234. The number of nitro benzene ring substituents is 1. The fourth-order valence-corrected chi connectivity index (χ4v) is 6.25. The topological polar surface area (TPSA) is 136 Å². The minimum absolute atomic E-state index is 0.0210. The lowest BCUT2D eigenvalue weighted by molar-refractivity contribution is -0.384. The Bertz CT molecular complexity index is 1130. The van der Waals surface area contributed by atoms with Crippen LogP contribution in [-0.4, -0.2) is 49.2 Å². The second-order valence-electron chi connectivity index (χ2n) is 6.99. The third kappa shape index (κ3) is 6.03. The highest BCUT2D eigenvalue weighted by atomic mass is 35.5. The molecule has 3 rings (SSSR count). The average Bonchev–Trinajstić information content (AvgIpc) is 3.23. The molecule has 1 amide bonds. The number of rotatable bonds is 8. The van der Waals surface area contributed by atoms with Crippen molar-refractivity contribution in [3.8, 4) is 0 Å². The Morgan fingerprint density at radius 2 is 1.91 bits per heavy atom. The van der Waals surface area contributed by atoms with Gasteiger partial charge in [0.1, 0.15) is 4.21 Å². The molecule has 0 spiro atoms. The van der Waals surface area contributed by atoms with Crippen LogP contribution in [0.2, 0.25) is 5.02 Å². The first-order chi connectivity index (χ1) is 15.2. The van der Waals surface area contributed by atoms with E-state index in [4.69, 9.17) is 16.3 Å². The van der Waals surface area contributed by atoms with Gasteiger partial charge in [0.2, 0.25) is 0 Å². The SMILES string of the molecule is O=C(COC(=O)Cc1ccc(S(=O)(=O)N2CCCCC2)s1)Nc1cc([N+](=O)[O-])ccc1Cl. The quantitative estimate of drug-likeness (QED) is 0.333. The number of thiophene rings is 1. The van der Waals surface area contributed by atoms with Crippen LogP contribution >= 0.6 is 22.9 Å². The fourth-order valence-electron chi connectivity index (χ4n) is 3.07. The number of amides is 1. The zero-order valence-corrected chi connectivity index (χ0v) is 19.2. The molecule has 0 radical (unpaired) electrons. The Morgan fingerprint density at radius 3 is 2.59 bits per heavy atom. The number of benzene rings is 1. The van der Waals surface area contributed by atoms with Gasteiger partial charge in [-0.15, -0.1) is 11.3 Å². The predicted molar refractivity (Wildman–Crippen MR) is 118 cm³/mol. The Morgan fingerprint density at radius 1 is 1.19 bits per heavy atom. The van der Waals surface area contributed by atoms with E-state index in [9.17, 15) is 28.1 Å². The van der Waals surface area contributed by atoms with E-state index in [0.717, 1.165) is 36.7 Å². The number of carbonyl (C=O) groups is 2. The molecule has 0 aliphatic carbocycles. The summed E-state index contributed by atoms with van der Waals surface area (Å²) in [5.74, 6) is -1.44. The largest absolute Gasteiger partial charge is 0.455 e. The van der Waals surface area contributed by atoms with Crippen LogP contribution in [0.3, 0.4) is 0 Å². The number of sulfonamides is 1. The van der Waals surface area contributed by atoms with E-state index in [1.54, 1.807) is 6.07 Å². The van der Waals surface area contributed by atoms with Gasteiger partial charge >= 0.3 is 5.97 Å². The summed E-state index contributed by atoms with van der Waals surface area (Å²) in [6.45, 7) is 0.352. The molecule has 0 unspecified atom stereocenters. The number of hydrogen-bond acceptors (Lipinski definition) is 8. The van der Waals surface area contributed by atoms with E-state index in [2.05, 4.69) is 5.32 Å². The standard InChI is InChI=1S/C19H20ClN3O7S2/c20-15-6-4-13(23(26)27)10-16(15)21-17(24)12-30-18(25)11-14-5-7-19(31-14)32(28,29)22-8-2-1-3-9-22/h4-7,10H,1-3,8-9,11-12H2,(H,21,24). The molecule has 2 aromatic rings. The highest BCUT2D eigenvalue weighted by molar-refractivity contribution is 7.91. The zero-order chi connectivity index (χ0) is 23.3. The van der Waals surface area contributed by atoms with Crippen molar-refractivity contribution < 1.29 is 27.7 Å². The lowest BCUT2D eigenvalue weighted by atomic mass is 10.2. The molecule has 2 heterocycles. The number of nitrogens with one attached hydrogen (secondary N) is 1. The van der Waals surface area contributed by atoms with Crippen LogP contribution in [0, 0.1) is 10.1 Å². The summed E-state index contributed by atoms with van der Waals surface area (Å²) < 4.78 is 31.9. The van der Waals surface area contributed by atoms with E-state index in [1.165, 1.54) is 22.5 Å². The Balaban J connectivity index is 1.53. The van der Waals surface area contributed by atoms with Crippen LogP contribution < -0.4 is 5.32 Å². The van der Waals surface area contributed by atoms with Crippen LogP contribution in [0.1, 0.15) is 24.1 Å². The van der Waals surface area contributed by atoms with Crippen molar-refractivity contribution in [2.75, 3.05) is 25.0 Å². The molecule has 32 heavy (non-hydrogen) atoms. The molecule has 1 aromatic heterocycles. The van der Waals surface area contributed by atoms with Gasteiger partial charge in [0.25, 0.3) is 21.6 Å². The molecule has 0 saturated carbocycles. The van der Waals surface area contributed by atoms with Gasteiger partial charge in [-0.25, -0.2) is 8.42 Å². The molecule has 172 valence electrons.